The predicted octanol–water partition coefficient (Wildman–Crippen LogP) is 2.72. The predicted molar refractivity (Wildman–Crippen MR) is 109 cm³/mol. The number of aromatic nitrogens is 2. The van der Waals surface area contributed by atoms with Gasteiger partial charge in [0.25, 0.3) is 5.56 Å². The maximum atomic E-state index is 14.1. The normalized spacial score (nSPS) is 14.9. The van der Waals surface area contributed by atoms with E-state index in [9.17, 15) is 14.0 Å². The molecule has 1 aliphatic rings. The summed E-state index contributed by atoms with van der Waals surface area (Å²) in [6.45, 7) is 4.46. The molecule has 0 spiro atoms. The van der Waals surface area contributed by atoms with Gasteiger partial charge in [-0.25, -0.2) is 14.2 Å². The van der Waals surface area contributed by atoms with E-state index in [2.05, 4.69) is 20.2 Å². The highest BCUT2D eigenvalue weighted by Gasteiger charge is 2.22. The molecule has 1 aromatic heterocycles. The number of anilines is 1. The highest BCUT2D eigenvalue weighted by molar-refractivity contribution is 5.89. The van der Waals surface area contributed by atoms with Crippen LogP contribution in [0.4, 0.5) is 14.9 Å². The van der Waals surface area contributed by atoms with Gasteiger partial charge in [-0.1, -0.05) is 24.3 Å². The van der Waals surface area contributed by atoms with Crippen LogP contribution < -0.4 is 10.9 Å². The van der Waals surface area contributed by atoms with Gasteiger partial charge in [0.15, 0.2) is 0 Å². The number of halogens is 1. The number of nitrogens with zero attached hydrogens (tertiary/aromatic N) is 3. The smallest absolute Gasteiger partial charge is 0.322 e. The molecule has 1 fully saturated rings. The molecule has 2 N–H and O–H groups in total. The molecule has 7 nitrogen and oxygen atoms in total. The second-order valence-corrected chi connectivity index (χ2v) is 7.16. The number of benzene rings is 2. The van der Waals surface area contributed by atoms with Gasteiger partial charge in [0.1, 0.15) is 11.6 Å². The lowest BCUT2D eigenvalue weighted by molar-refractivity contribution is 0.141. The number of carbonyl (C=O) groups is 1. The lowest BCUT2D eigenvalue weighted by atomic mass is 10.2. The highest BCUT2D eigenvalue weighted by atomic mass is 19.1. The number of aryl methyl sites for hydroxylation is 1. The van der Waals surface area contributed by atoms with Crippen LogP contribution in [0.25, 0.3) is 10.9 Å². The third-order valence-electron chi connectivity index (χ3n) is 5.13. The summed E-state index contributed by atoms with van der Waals surface area (Å²) < 4.78 is 14.1. The maximum absolute atomic E-state index is 14.1. The van der Waals surface area contributed by atoms with Crippen molar-refractivity contribution in [3.8, 4) is 0 Å². The zero-order chi connectivity index (χ0) is 20.4. The highest BCUT2D eigenvalue weighted by Crippen LogP contribution is 2.18. The summed E-state index contributed by atoms with van der Waals surface area (Å²) in [5, 5.41) is 3.22. The lowest BCUT2D eigenvalue weighted by Crippen LogP contribution is -2.49. The maximum Gasteiger partial charge on any atom is 0.322 e. The molecule has 0 unspecified atom stereocenters. The van der Waals surface area contributed by atoms with Gasteiger partial charge in [-0.3, -0.25) is 9.69 Å². The van der Waals surface area contributed by atoms with E-state index in [1.165, 1.54) is 0 Å². The molecule has 0 aliphatic carbocycles. The molecule has 2 aromatic carbocycles. The first-order valence-corrected chi connectivity index (χ1v) is 9.52. The van der Waals surface area contributed by atoms with Gasteiger partial charge in [-0.05, 0) is 30.7 Å². The number of fused-ring (bicyclic) bond motifs is 1. The average molecular weight is 395 g/mol. The third kappa shape index (κ3) is 4.12. The van der Waals surface area contributed by atoms with Crippen LogP contribution in [0, 0.1) is 12.7 Å². The van der Waals surface area contributed by atoms with E-state index in [0.29, 0.717) is 55.0 Å². The number of hydrogen-bond acceptors (Lipinski definition) is 4. The van der Waals surface area contributed by atoms with Gasteiger partial charge in [0.2, 0.25) is 0 Å². The van der Waals surface area contributed by atoms with Crippen LogP contribution in [0.15, 0.2) is 47.3 Å². The van der Waals surface area contributed by atoms with Crippen molar-refractivity contribution in [2.75, 3.05) is 31.5 Å². The number of carbonyl (C=O) groups excluding carboxylic acids is 1. The molecule has 1 aliphatic heterocycles. The molecule has 0 atom stereocenters. The van der Waals surface area contributed by atoms with Crippen molar-refractivity contribution in [2.24, 2.45) is 0 Å². The first-order valence-electron chi connectivity index (χ1n) is 9.52. The Bertz CT molecular complexity index is 1110. The molecular weight excluding hydrogens is 373 g/mol. The third-order valence-corrected chi connectivity index (χ3v) is 5.13. The summed E-state index contributed by atoms with van der Waals surface area (Å²) in [4.78, 5) is 35.8. The number of rotatable bonds is 3. The number of urea groups is 1. The van der Waals surface area contributed by atoms with Crippen molar-refractivity contribution in [1.29, 1.82) is 0 Å². The van der Waals surface area contributed by atoms with E-state index in [1.54, 1.807) is 36.1 Å². The van der Waals surface area contributed by atoms with Gasteiger partial charge >= 0.3 is 6.03 Å². The van der Waals surface area contributed by atoms with Gasteiger partial charge in [0.05, 0.1) is 23.1 Å². The zero-order valence-corrected chi connectivity index (χ0v) is 16.1. The van der Waals surface area contributed by atoms with Crippen molar-refractivity contribution < 1.29 is 9.18 Å². The van der Waals surface area contributed by atoms with Crippen LogP contribution in [-0.2, 0) is 6.54 Å². The molecule has 2 amide bonds. The second-order valence-electron chi connectivity index (χ2n) is 7.16. The van der Waals surface area contributed by atoms with Crippen molar-refractivity contribution >= 4 is 22.6 Å². The largest absolute Gasteiger partial charge is 0.322 e. The molecule has 29 heavy (non-hydrogen) atoms. The number of hydrogen-bond donors (Lipinski definition) is 2. The number of piperazine rings is 1. The van der Waals surface area contributed by atoms with Crippen LogP contribution >= 0.6 is 0 Å². The lowest BCUT2D eigenvalue weighted by Gasteiger charge is -2.34. The minimum Gasteiger partial charge on any atom is -0.322 e. The Morgan fingerprint density at radius 3 is 2.69 bits per heavy atom. The van der Waals surface area contributed by atoms with Crippen LogP contribution in [0.1, 0.15) is 11.4 Å². The van der Waals surface area contributed by atoms with Gasteiger partial charge in [-0.15, -0.1) is 0 Å². The molecule has 3 aromatic rings. The first-order chi connectivity index (χ1) is 14.0. The topological polar surface area (TPSA) is 81.3 Å². The van der Waals surface area contributed by atoms with E-state index >= 15 is 0 Å². The summed E-state index contributed by atoms with van der Waals surface area (Å²) in [5.41, 5.74) is 1.20. The molecule has 2 heterocycles. The van der Waals surface area contributed by atoms with Crippen molar-refractivity contribution in [3.63, 3.8) is 0 Å². The molecule has 8 heteroatoms. The Morgan fingerprint density at radius 1 is 1.14 bits per heavy atom. The first kappa shape index (κ1) is 19.1. The quantitative estimate of drug-likeness (QED) is 0.715. The van der Waals surface area contributed by atoms with E-state index in [1.807, 2.05) is 18.2 Å². The van der Waals surface area contributed by atoms with Crippen molar-refractivity contribution in [3.05, 3.63) is 70.0 Å². The number of amides is 2. The van der Waals surface area contributed by atoms with Crippen molar-refractivity contribution in [1.82, 2.24) is 19.8 Å². The van der Waals surface area contributed by atoms with E-state index < -0.39 is 5.82 Å². The fourth-order valence-electron chi connectivity index (χ4n) is 3.47. The Hall–Kier alpha value is -3.26. The SMILES string of the molecule is Cc1cccc(NC(=O)N2CCN(Cc3nc4ccccc4c(=O)[nH]3)CC2)c1F. The minimum absolute atomic E-state index is 0.149. The summed E-state index contributed by atoms with van der Waals surface area (Å²) >= 11 is 0. The van der Waals surface area contributed by atoms with Gasteiger partial charge in [-0.2, -0.15) is 0 Å². The Morgan fingerprint density at radius 2 is 1.90 bits per heavy atom. The Balaban J connectivity index is 1.36. The van der Waals surface area contributed by atoms with Crippen LogP contribution in [0.3, 0.4) is 0 Å². The molecule has 0 radical (unpaired) electrons. The average Bonchev–Trinajstić information content (AvgIpc) is 2.72. The number of nitrogens with one attached hydrogen (secondary N) is 2. The van der Waals surface area contributed by atoms with Gasteiger partial charge < -0.3 is 15.2 Å². The fourth-order valence-corrected chi connectivity index (χ4v) is 3.47. The van der Waals surface area contributed by atoms with Gasteiger partial charge in [0, 0.05) is 26.2 Å². The monoisotopic (exact) mass is 395 g/mol. The van der Waals surface area contributed by atoms with Crippen LogP contribution in [-0.4, -0.2) is 52.0 Å². The summed E-state index contributed by atoms with van der Waals surface area (Å²) in [6, 6.07) is 11.8. The fraction of sp³-hybridized carbons (Fsp3) is 0.286. The van der Waals surface area contributed by atoms with Crippen LogP contribution in [0.2, 0.25) is 0 Å². The molecular formula is C21H22FN5O2. The number of para-hydroxylation sites is 1. The van der Waals surface area contributed by atoms with E-state index in [4.69, 9.17) is 0 Å². The minimum atomic E-state index is -0.411. The molecule has 0 bridgehead atoms. The standard InChI is InChI=1S/C21H22FN5O2/c1-14-5-4-8-17(19(14)22)24-21(29)27-11-9-26(10-12-27)13-18-23-16-7-3-2-6-15(16)20(28)25-18/h2-8H,9-13H2,1H3,(H,24,29)(H,23,25,28). The summed E-state index contributed by atoms with van der Waals surface area (Å²) in [5.74, 6) is 0.194. The summed E-state index contributed by atoms with van der Waals surface area (Å²) in [6.07, 6.45) is 0. The molecule has 4 rings (SSSR count). The number of H-pyrrole nitrogens is 1. The molecule has 0 saturated carbocycles. The van der Waals surface area contributed by atoms with Crippen LogP contribution in [0.5, 0.6) is 0 Å². The Kier molecular flexibility index (Phi) is 5.26. The Labute approximate surface area is 167 Å². The van der Waals surface area contributed by atoms with Crippen molar-refractivity contribution in [2.45, 2.75) is 13.5 Å². The zero-order valence-electron chi connectivity index (χ0n) is 16.1. The number of aromatic amines is 1. The second kappa shape index (κ2) is 8.00. The van der Waals surface area contributed by atoms with E-state index in [0.717, 1.165) is 0 Å². The molecule has 1 saturated heterocycles. The van der Waals surface area contributed by atoms with E-state index in [-0.39, 0.29) is 17.3 Å². The summed E-state index contributed by atoms with van der Waals surface area (Å²) in [7, 11) is 0. The molecule has 150 valence electrons.